The molecule has 2 aliphatic heterocycles. The van der Waals surface area contributed by atoms with E-state index >= 15 is 0 Å². The number of piperidine rings is 2. The van der Waals surface area contributed by atoms with Crippen LogP contribution in [0.2, 0.25) is 0 Å². The summed E-state index contributed by atoms with van der Waals surface area (Å²) in [6, 6.07) is 0. The highest BCUT2D eigenvalue weighted by atomic mass is 32.2. The molecule has 0 saturated carbocycles. The van der Waals surface area contributed by atoms with Crippen LogP contribution < -0.4 is 15.4 Å². The molecule has 0 aliphatic carbocycles. The van der Waals surface area contributed by atoms with Crippen molar-refractivity contribution in [2.45, 2.75) is 30.9 Å². The fraction of sp³-hybridized carbons (Fsp3) is 0.909. The summed E-state index contributed by atoms with van der Waals surface area (Å²) in [6.07, 6.45) is 2.59. The van der Waals surface area contributed by atoms with Crippen molar-refractivity contribution in [1.82, 2.24) is 15.4 Å². The Morgan fingerprint density at radius 1 is 0.944 bits per heavy atom. The zero-order valence-electron chi connectivity index (χ0n) is 10.4. The van der Waals surface area contributed by atoms with Crippen molar-refractivity contribution in [3.63, 3.8) is 0 Å². The molecule has 0 bridgehead atoms. The van der Waals surface area contributed by atoms with Gasteiger partial charge in [0.1, 0.15) is 0 Å². The summed E-state index contributed by atoms with van der Waals surface area (Å²) in [5, 5.41) is 5.85. The highest BCUT2D eigenvalue weighted by molar-refractivity contribution is 7.90. The number of amides is 1. The number of carbonyl (C=O) groups excluding carboxylic acids is 1. The quantitative estimate of drug-likeness (QED) is 0.627. The second kappa shape index (κ2) is 5.99. The fourth-order valence-electron chi connectivity index (χ4n) is 2.50. The maximum Gasteiger partial charge on any atom is 0.237 e. The summed E-state index contributed by atoms with van der Waals surface area (Å²) in [6.45, 7) is 2.97. The molecule has 2 saturated heterocycles. The number of hydrogen-bond donors (Lipinski definition) is 3. The first-order valence-corrected chi connectivity index (χ1v) is 8.11. The summed E-state index contributed by atoms with van der Waals surface area (Å²) in [5.41, 5.74) is 0. The summed E-state index contributed by atoms with van der Waals surface area (Å²) in [7, 11) is -3.49. The SMILES string of the molecule is O=C(NS(=O)(=O)C1CCNCC1)C1CCNCC1. The van der Waals surface area contributed by atoms with Crippen molar-refractivity contribution in [1.29, 1.82) is 0 Å². The van der Waals surface area contributed by atoms with Gasteiger partial charge in [0, 0.05) is 5.92 Å². The molecule has 2 aliphatic rings. The number of nitrogens with one attached hydrogen (secondary N) is 3. The van der Waals surface area contributed by atoms with Gasteiger partial charge in [0.15, 0.2) is 0 Å². The number of hydrogen-bond acceptors (Lipinski definition) is 5. The van der Waals surface area contributed by atoms with Crippen LogP contribution in [0, 0.1) is 5.92 Å². The minimum atomic E-state index is -3.49. The Morgan fingerprint density at radius 3 is 2.00 bits per heavy atom. The van der Waals surface area contributed by atoms with Crippen LogP contribution >= 0.6 is 0 Å². The second-order valence-corrected chi connectivity index (χ2v) is 6.95. The van der Waals surface area contributed by atoms with Gasteiger partial charge in [0.2, 0.25) is 15.9 Å². The average molecular weight is 275 g/mol. The predicted molar refractivity (Wildman–Crippen MR) is 68.5 cm³/mol. The monoisotopic (exact) mass is 275 g/mol. The summed E-state index contributed by atoms with van der Waals surface area (Å²) in [4.78, 5) is 11.9. The van der Waals surface area contributed by atoms with E-state index in [1.54, 1.807) is 0 Å². The van der Waals surface area contributed by atoms with Gasteiger partial charge in [-0.25, -0.2) is 8.42 Å². The maximum absolute atomic E-state index is 12.1. The van der Waals surface area contributed by atoms with Crippen molar-refractivity contribution in [3.05, 3.63) is 0 Å². The Balaban J connectivity index is 1.92. The molecule has 0 atom stereocenters. The molecule has 2 rings (SSSR count). The van der Waals surface area contributed by atoms with E-state index in [-0.39, 0.29) is 11.8 Å². The zero-order chi connectivity index (χ0) is 13.0. The van der Waals surface area contributed by atoms with Crippen molar-refractivity contribution >= 4 is 15.9 Å². The van der Waals surface area contributed by atoms with Crippen LogP contribution in [-0.4, -0.2) is 45.8 Å². The third kappa shape index (κ3) is 3.43. The van der Waals surface area contributed by atoms with E-state index in [4.69, 9.17) is 0 Å². The Hall–Kier alpha value is -0.660. The van der Waals surface area contributed by atoms with Crippen molar-refractivity contribution < 1.29 is 13.2 Å². The third-order valence-corrected chi connectivity index (χ3v) is 5.51. The van der Waals surface area contributed by atoms with E-state index in [0.29, 0.717) is 38.8 Å². The number of sulfonamides is 1. The first kappa shape index (κ1) is 13.8. The van der Waals surface area contributed by atoms with Crippen molar-refractivity contribution in [2.24, 2.45) is 5.92 Å². The molecular weight excluding hydrogens is 254 g/mol. The third-order valence-electron chi connectivity index (χ3n) is 3.68. The van der Waals surface area contributed by atoms with Crippen LogP contribution in [0.25, 0.3) is 0 Å². The van der Waals surface area contributed by atoms with E-state index in [9.17, 15) is 13.2 Å². The molecule has 104 valence electrons. The molecule has 18 heavy (non-hydrogen) atoms. The van der Waals surface area contributed by atoms with Gasteiger partial charge in [-0.2, -0.15) is 0 Å². The second-order valence-electron chi connectivity index (χ2n) is 4.98. The lowest BCUT2D eigenvalue weighted by molar-refractivity contribution is -0.123. The van der Waals surface area contributed by atoms with Gasteiger partial charge in [-0.15, -0.1) is 0 Å². The normalized spacial score (nSPS) is 23.8. The topological polar surface area (TPSA) is 87.3 Å². The molecule has 3 N–H and O–H groups in total. The van der Waals surface area contributed by atoms with Crippen LogP contribution in [0.4, 0.5) is 0 Å². The van der Waals surface area contributed by atoms with Gasteiger partial charge in [-0.3, -0.25) is 9.52 Å². The molecule has 0 aromatic rings. The Kier molecular flexibility index (Phi) is 4.58. The Bertz CT molecular complexity index is 384. The molecular formula is C11H21N3O3S. The van der Waals surface area contributed by atoms with Crippen LogP contribution in [0.1, 0.15) is 25.7 Å². The maximum atomic E-state index is 12.1. The highest BCUT2D eigenvalue weighted by Crippen LogP contribution is 2.15. The summed E-state index contributed by atoms with van der Waals surface area (Å²) in [5.74, 6) is -0.488. The van der Waals surface area contributed by atoms with E-state index < -0.39 is 15.3 Å². The van der Waals surface area contributed by atoms with E-state index in [0.717, 1.165) is 13.1 Å². The largest absolute Gasteiger partial charge is 0.317 e. The molecule has 1 amide bonds. The van der Waals surface area contributed by atoms with E-state index in [2.05, 4.69) is 15.4 Å². The molecule has 2 fully saturated rings. The minimum absolute atomic E-state index is 0.164. The summed E-state index contributed by atoms with van der Waals surface area (Å²) < 4.78 is 26.4. The van der Waals surface area contributed by atoms with Gasteiger partial charge in [-0.1, -0.05) is 0 Å². The first-order chi connectivity index (χ1) is 8.59. The molecule has 0 radical (unpaired) electrons. The van der Waals surface area contributed by atoms with E-state index in [1.807, 2.05) is 0 Å². The number of carbonyl (C=O) groups is 1. The highest BCUT2D eigenvalue weighted by Gasteiger charge is 2.31. The van der Waals surface area contributed by atoms with Crippen molar-refractivity contribution in [3.8, 4) is 0 Å². The van der Waals surface area contributed by atoms with Crippen LogP contribution in [0.5, 0.6) is 0 Å². The standard InChI is InChI=1S/C11H21N3O3S/c15-11(9-1-5-12-6-2-9)14-18(16,17)10-3-7-13-8-4-10/h9-10,12-13H,1-8H2,(H,14,15). The molecule has 0 aromatic carbocycles. The van der Waals surface area contributed by atoms with Gasteiger partial charge in [0.25, 0.3) is 0 Å². The lowest BCUT2D eigenvalue weighted by Crippen LogP contribution is -2.46. The predicted octanol–water partition coefficient (Wildman–Crippen LogP) is -0.816. The van der Waals surface area contributed by atoms with Crippen LogP contribution in [0.15, 0.2) is 0 Å². The molecule has 7 heteroatoms. The van der Waals surface area contributed by atoms with Gasteiger partial charge in [0.05, 0.1) is 5.25 Å². The van der Waals surface area contributed by atoms with Gasteiger partial charge < -0.3 is 10.6 Å². The molecule has 0 aromatic heterocycles. The molecule has 6 nitrogen and oxygen atoms in total. The van der Waals surface area contributed by atoms with Gasteiger partial charge >= 0.3 is 0 Å². The summed E-state index contributed by atoms with van der Waals surface area (Å²) >= 11 is 0. The molecule has 0 spiro atoms. The lowest BCUT2D eigenvalue weighted by atomic mass is 9.98. The smallest absolute Gasteiger partial charge is 0.237 e. The minimum Gasteiger partial charge on any atom is -0.317 e. The molecule has 0 unspecified atom stereocenters. The number of rotatable bonds is 3. The Labute approximate surface area is 108 Å². The first-order valence-electron chi connectivity index (χ1n) is 6.56. The fourth-order valence-corrected chi connectivity index (χ4v) is 3.97. The lowest BCUT2D eigenvalue weighted by Gasteiger charge is -2.25. The van der Waals surface area contributed by atoms with Crippen molar-refractivity contribution in [2.75, 3.05) is 26.2 Å². The van der Waals surface area contributed by atoms with E-state index in [1.165, 1.54) is 0 Å². The molecule has 2 heterocycles. The van der Waals surface area contributed by atoms with Crippen LogP contribution in [-0.2, 0) is 14.8 Å². The van der Waals surface area contributed by atoms with Crippen LogP contribution in [0.3, 0.4) is 0 Å². The van der Waals surface area contributed by atoms with Gasteiger partial charge in [-0.05, 0) is 51.9 Å². The zero-order valence-corrected chi connectivity index (χ0v) is 11.3. The Morgan fingerprint density at radius 2 is 1.44 bits per heavy atom. The average Bonchev–Trinajstić information content (AvgIpc) is 2.40.